The normalized spacial score (nSPS) is 13.1. The average Bonchev–Trinajstić information content (AvgIpc) is 2.66. The summed E-state index contributed by atoms with van der Waals surface area (Å²) >= 11 is 0.306. The van der Waals surface area contributed by atoms with Crippen molar-refractivity contribution in [3.63, 3.8) is 0 Å². The number of rotatable bonds is 7. The van der Waals surface area contributed by atoms with E-state index in [1.54, 1.807) is 0 Å². The van der Waals surface area contributed by atoms with Gasteiger partial charge < -0.3 is 0 Å². The molecule has 0 aliphatic carbocycles. The van der Waals surface area contributed by atoms with Crippen LogP contribution in [-0.2, 0) is 9.16 Å². The molecule has 155 valence electrons. The summed E-state index contributed by atoms with van der Waals surface area (Å²) in [6.45, 7) is 14.1. The molecular weight excluding hydrogens is 439 g/mol. The van der Waals surface area contributed by atoms with E-state index in [0.717, 1.165) is 11.1 Å². The maximum absolute atomic E-state index is 6.66. The predicted octanol–water partition coefficient (Wildman–Crippen LogP) is 5.02. The first-order valence-corrected chi connectivity index (χ1v) is 13.5. The number of ether oxygens (including phenoxy) is 1. The Balaban J connectivity index is 2.07. The summed E-state index contributed by atoms with van der Waals surface area (Å²) in [7, 11) is -1.14. The van der Waals surface area contributed by atoms with Crippen LogP contribution in [0, 0.1) is 11.8 Å². The van der Waals surface area contributed by atoms with Crippen LogP contribution in [0.15, 0.2) is 60.7 Å². The summed E-state index contributed by atoms with van der Waals surface area (Å²) in [5, 5.41) is 0.229. The molecule has 29 heavy (non-hydrogen) atoms. The summed E-state index contributed by atoms with van der Waals surface area (Å²) < 4.78 is 14.0. The van der Waals surface area contributed by atoms with Gasteiger partial charge in [0.25, 0.3) is 0 Å². The topological polar surface area (TPSA) is 18.5 Å². The van der Waals surface area contributed by atoms with Gasteiger partial charge in [-0.3, -0.25) is 0 Å². The quantitative estimate of drug-likeness (QED) is 0.320. The van der Waals surface area contributed by atoms with E-state index in [-0.39, 0.29) is 16.2 Å². The Hall–Kier alpha value is -1.34. The van der Waals surface area contributed by atoms with Crippen LogP contribution in [-0.4, -0.2) is 42.2 Å². The molecule has 0 amide bonds. The summed E-state index contributed by atoms with van der Waals surface area (Å²) in [5.41, 5.74) is 1.74. The van der Waals surface area contributed by atoms with E-state index in [1.807, 2.05) is 36.4 Å². The summed E-state index contributed by atoms with van der Waals surface area (Å²) in [5.74, 6) is 6.62. The molecule has 2 rings (SSSR count). The van der Waals surface area contributed by atoms with Crippen molar-refractivity contribution in [2.45, 2.75) is 57.7 Å². The third-order valence-electron chi connectivity index (χ3n) is 4.10. The van der Waals surface area contributed by atoms with Gasteiger partial charge in [-0.1, -0.05) is 0 Å². The van der Waals surface area contributed by atoms with Gasteiger partial charge in [0.15, 0.2) is 0 Å². The molecule has 1 radical (unpaired) electrons. The third kappa shape index (κ3) is 8.91. The third-order valence-corrected chi connectivity index (χ3v) is 9.21. The molecular formula is C25H33O2SeSi. The monoisotopic (exact) mass is 473 g/mol. The van der Waals surface area contributed by atoms with Gasteiger partial charge in [0.05, 0.1) is 0 Å². The van der Waals surface area contributed by atoms with Crippen molar-refractivity contribution in [1.29, 1.82) is 0 Å². The van der Waals surface area contributed by atoms with E-state index >= 15 is 0 Å². The van der Waals surface area contributed by atoms with E-state index in [1.165, 1.54) is 4.46 Å². The van der Waals surface area contributed by atoms with Crippen LogP contribution >= 0.6 is 0 Å². The van der Waals surface area contributed by atoms with Crippen LogP contribution in [0.4, 0.5) is 0 Å². The minimum absolute atomic E-state index is 0.115. The first-order valence-electron chi connectivity index (χ1n) is 10.0. The summed E-state index contributed by atoms with van der Waals surface area (Å²) in [6.07, 6.45) is -0.214. The van der Waals surface area contributed by atoms with Gasteiger partial charge in [0.1, 0.15) is 0 Å². The molecule has 0 aliphatic rings. The van der Waals surface area contributed by atoms with Crippen molar-refractivity contribution in [3.8, 4) is 11.8 Å². The summed E-state index contributed by atoms with van der Waals surface area (Å²) in [4.78, 5) is 0. The Labute approximate surface area is 185 Å². The van der Waals surface area contributed by atoms with Gasteiger partial charge >= 0.3 is 186 Å². The van der Waals surface area contributed by atoms with Gasteiger partial charge in [-0.25, -0.2) is 0 Å². The van der Waals surface area contributed by atoms with Gasteiger partial charge in [-0.05, 0) is 0 Å². The van der Waals surface area contributed by atoms with E-state index < -0.39 is 9.04 Å². The molecule has 0 aromatic heterocycles. The SMILES string of the molecule is CC(C)(C)[Si](OC(C#Cc1ccccc1)COC[Se]c1ccccc1)C(C)(C)C. The molecule has 0 N–H and O–H groups in total. The summed E-state index contributed by atoms with van der Waals surface area (Å²) in [6, 6.07) is 20.6. The van der Waals surface area contributed by atoms with E-state index in [4.69, 9.17) is 9.16 Å². The number of benzene rings is 2. The molecule has 0 saturated heterocycles. The van der Waals surface area contributed by atoms with Gasteiger partial charge in [-0.2, -0.15) is 0 Å². The molecule has 0 spiro atoms. The second-order valence-corrected chi connectivity index (χ2v) is 15.0. The Kier molecular flexibility index (Phi) is 9.21. The number of hydrogen-bond acceptors (Lipinski definition) is 2. The molecule has 1 atom stereocenters. The zero-order valence-corrected chi connectivity index (χ0v) is 21.2. The maximum atomic E-state index is 6.66. The standard InChI is InChI=1S/C25H33O2SeSi/c1-24(2,3)29(25(4,5)6)27-22(18-17-21-13-9-7-10-14-21)19-26-20-28-23-15-11-8-12-16-23/h7-16,22H,19-20H2,1-6H3. The second-order valence-electron chi connectivity index (χ2n) is 9.02. The fraction of sp³-hybridized carbons (Fsp3) is 0.440. The first kappa shape index (κ1) is 23.9. The molecule has 4 heteroatoms. The van der Waals surface area contributed by atoms with Crippen molar-refractivity contribution in [3.05, 3.63) is 66.2 Å². The molecule has 2 aromatic rings. The van der Waals surface area contributed by atoms with Gasteiger partial charge in [-0.15, -0.1) is 0 Å². The van der Waals surface area contributed by atoms with Crippen LogP contribution in [0.5, 0.6) is 0 Å². The van der Waals surface area contributed by atoms with Crippen molar-refractivity contribution >= 4 is 28.5 Å². The molecule has 2 nitrogen and oxygen atoms in total. The van der Waals surface area contributed by atoms with Gasteiger partial charge in [0.2, 0.25) is 0 Å². The second kappa shape index (κ2) is 11.2. The molecule has 0 fully saturated rings. The van der Waals surface area contributed by atoms with Crippen LogP contribution in [0.1, 0.15) is 47.1 Å². The molecule has 2 aromatic carbocycles. The molecule has 0 bridgehead atoms. The Morgan fingerprint density at radius 2 is 1.41 bits per heavy atom. The van der Waals surface area contributed by atoms with Crippen molar-refractivity contribution < 1.29 is 9.16 Å². The van der Waals surface area contributed by atoms with Crippen LogP contribution in [0.2, 0.25) is 10.1 Å². The van der Waals surface area contributed by atoms with Crippen molar-refractivity contribution in [2.75, 3.05) is 12.1 Å². The van der Waals surface area contributed by atoms with E-state index in [0.29, 0.717) is 21.6 Å². The van der Waals surface area contributed by atoms with Gasteiger partial charge in [0, 0.05) is 0 Å². The Morgan fingerprint density at radius 1 is 0.862 bits per heavy atom. The molecule has 0 saturated carbocycles. The van der Waals surface area contributed by atoms with Crippen molar-refractivity contribution in [1.82, 2.24) is 0 Å². The van der Waals surface area contributed by atoms with Crippen LogP contribution in [0.3, 0.4) is 0 Å². The van der Waals surface area contributed by atoms with Crippen molar-refractivity contribution in [2.24, 2.45) is 0 Å². The van der Waals surface area contributed by atoms with Crippen LogP contribution < -0.4 is 4.46 Å². The Bertz CT molecular complexity index is 769. The zero-order valence-electron chi connectivity index (χ0n) is 18.5. The molecule has 0 aliphatic heterocycles. The minimum atomic E-state index is -1.14. The first-order chi connectivity index (χ1) is 13.7. The molecule has 0 heterocycles. The zero-order chi connectivity index (χ0) is 21.3. The molecule has 1 unspecified atom stereocenters. The Morgan fingerprint density at radius 3 is 1.97 bits per heavy atom. The fourth-order valence-corrected chi connectivity index (χ4v) is 7.96. The van der Waals surface area contributed by atoms with E-state index in [2.05, 4.69) is 77.6 Å². The van der Waals surface area contributed by atoms with Crippen LogP contribution in [0.25, 0.3) is 0 Å². The average molecular weight is 473 g/mol. The van der Waals surface area contributed by atoms with E-state index in [9.17, 15) is 0 Å². The predicted molar refractivity (Wildman–Crippen MR) is 126 cm³/mol. The fourth-order valence-electron chi connectivity index (χ4n) is 3.19. The number of hydrogen-bond donors (Lipinski definition) is 0.